The van der Waals surface area contributed by atoms with E-state index in [0.717, 1.165) is 10.0 Å². The van der Waals surface area contributed by atoms with Crippen molar-refractivity contribution in [2.45, 2.75) is 13.8 Å². The molecule has 3 N–H and O–H groups in total. The van der Waals surface area contributed by atoms with Crippen LogP contribution in [0, 0.1) is 6.92 Å². The maximum absolute atomic E-state index is 11.9. The predicted octanol–water partition coefficient (Wildman–Crippen LogP) is 3.72. The molecule has 0 saturated heterocycles. The molecule has 6 nitrogen and oxygen atoms in total. The number of carbonyl (C=O) groups is 3. The number of amides is 3. The molecule has 2 rings (SSSR count). The average Bonchev–Trinajstić information content (AvgIpc) is 2.56. The number of Topliss-reactive ketones (excluding diaryl/α,β-unsaturated/α-hetero) is 1. The van der Waals surface area contributed by atoms with E-state index < -0.39 is 6.03 Å². The van der Waals surface area contributed by atoms with Gasteiger partial charge in [-0.3, -0.25) is 9.59 Å². The third-order valence-corrected chi connectivity index (χ3v) is 3.89. The molecule has 0 unspecified atom stereocenters. The van der Waals surface area contributed by atoms with Crippen LogP contribution < -0.4 is 16.0 Å². The van der Waals surface area contributed by atoms with Crippen LogP contribution in [-0.2, 0) is 4.79 Å². The summed E-state index contributed by atoms with van der Waals surface area (Å²) in [4.78, 5) is 35.1. The highest BCUT2D eigenvalue weighted by molar-refractivity contribution is 9.10. The van der Waals surface area contributed by atoms with Gasteiger partial charge in [-0.15, -0.1) is 0 Å². The molecule has 130 valence electrons. The van der Waals surface area contributed by atoms with Crippen LogP contribution in [0.15, 0.2) is 46.9 Å². The molecule has 2 aromatic rings. The smallest absolute Gasteiger partial charge is 0.319 e. The van der Waals surface area contributed by atoms with Gasteiger partial charge in [0.25, 0.3) is 0 Å². The molecule has 0 spiro atoms. The lowest BCUT2D eigenvalue weighted by Gasteiger charge is -2.10. The summed E-state index contributed by atoms with van der Waals surface area (Å²) in [6.45, 7) is 3.16. The van der Waals surface area contributed by atoms with Crippen LogP contribution in [0.1, 0.15) is 22.8 Å². The summed E-state index contributed by atoms with van der Waals surface area (Å²) in [7, 11) is 0. The molecule has 25 heavy (non-hydrogen) atoms. The third kappa shape index (κ3) is 5.72. The van der Waals surface area contributed by atoms with Crippen molar-refractivity contribution >= 4 is 45.0 Å². The van der Waals surface area contributed by atoms with E-state index >= 15 is 0 Å². The summed E-state index contributed by atoms with van der Waals surface area (Å²) < 4.78 is 0.924. The first-order chi connectivity index (χ1) is 11.8. The van der Waals surface area contributed by atoms with E-state index in [1.165, 1.54) is 6.92 Å². The number of benzene rings is 2. The first-order valence-electron chi connectivity index (χ1n) is 7.57. The van der Waals surface area contributed by atoms with Crippen molar-refractivity contribution in [3.8, 4) is 0 Å². The van der Waals surface area contributed by atoms with E-state index in [1.54, 1.807) is 30.3 Å². The van der Waals surface area contributed by atoms with Gasteiger partial charge in [0.1, 0.15) is 0 Å². The van der Waals surface area contributed by atoms with Crippen LogP contribution >= 0.6 is 15.9 Å². The first kappa shape index (κ1) is 18.7. The lowest BCUT2D eigenvalue weighted by atomic mass is 10.1. The summed E-state index contributed by atoms with van der Waals surface area (Å²) in [6, 6.07) is 11.6. The number of rotatable bonds is 5. The highest BCUT2D eigenvalue weighted by atomic mass is 79.9. The second-order valence-electron chi connectivity index (χ2n) is 5.45. The van der Waals surface area contributed by atoms with E-state index in [-0.39, 0.29) is 18.2 Å². The number of nitrogens with one attached hydrogen (secondary N) is 3. The Hall–Kier alpha value is -2.67. The highest BCUT2D eigenvalue weighted by Crippen LogP contribution is 2.19. The molecular weight excluding hydrogens is 386 g/mol. The van der Waals surface area contributed by atoms with E-state index in [1.807, 2.05) is 19.1 Å². The number of anilines is 2. The standard InChI is InChI=1S/C18H18BrN3O3/c1-11-8-14(19)6-7-16(11)22-17(24)10-20-18(25)21-15-5-3-4-13(9-15)12(2)23/h3-9H,10H2,1-2H3,(H,22,24)(H2,20,21,25). The lowest BCUT2D eigenvalue weighted by Crippen LogP contribution is -2.35. The summed E-state index contributed by atoms with van der Waals surface area (Å²) in [5.74, 6) is -0.425. The molecule has 0 fully saturated rings. The number of aryl methyl sites for hydroxylation is 1. The van der Waals surface area contributed by atoms with Crippen molar-refractivity contribution in [2.24, 2.45) is 0 Å². The van der Waals surface area contributed by atoms with Crippen LogP contribution in [0.5, 0.6) is 0 Å². The molecule has 0 aliphatic rings. The minimum atomic E-state index is -0.525. The van der Waals surface area contributed by atoms with Gasteiger partial charge in [0.05, 0.1) is 6.54 Å². The van der Waals surface area contributed by atoms with Crippen LogP contribution in [0.25, 0.3) is 0 Å². The Balaban J connectivity index is 1.86. The van der Waals surface area contributed by atoms with Gasteiger partial charge in [-0.05, 0) is 49.7 Å². The fourth-order valence-corrected chi connectivity index (χ4v) is 2.59. The Morgan fingerprint density at radius 1 is 1.04 bits per heavy atom. The maximum Gasteiger partial charge on any atom is 0.319 e. The molecule has 0 aromatic heterocycles. The molecule has 0 bridgehead atoms. The molecule has 0 atom stereocenters. The van der Waals surface area contributed by atoms with E-state index in [0.29, 0.717) is 16.9 Å². The second-order valence-corrected chi connectivity index (χ2v) is 6.37. The largest absolute Gasteiger partial charge is 0.329 e. The molecule has 0 aliphatic heterocycles. The van der Waals surface area contributed by atoms with Crippen LogP contribution in [-0.4, -0.2) is 24.3 Å². The lowest BCUT2D eigenvalue weighted by molar-refractivity contribution is -0.115. The molecule has 0 saturated carbocycles. The molecule has 3 amide bonds. The number of halogens is 1. The van der Waals surface area contributed by atoms with Crippen LogP contribution in [0.3, 0.4) is 0 Å². The minimum absolute atomic E-state index is 0.0895. The van der Waals surface area contributed by atoms with Gasteiger partial charge in [0, 0.05) is 21.4 Å². The highest BCUT2D eigenvalue weighted by Gasteiger charge is 2.08. The summed E-state index contributed by atoms with van der Waals surface area (Å²) in [6.07, 6.45) is 0. The Bertz CT molecular complexity index is 821. The van der Waals surface area contributed by atoms with Crippen molar-refractivity contribution in [3.63, 3.8) is 0 Å². The Morgan fingerprint density at radius 3 is 2.48 bits per heavy atom. The van der Waals surface area contributed by atoms with Crippen molar-refractivity contribution in [2.75, 3.05) is 17.2 Å². The van der Waals surface area contributed by atoms with Gasteiger partial charge in [0.2, 0.25) is 5.91 Å². The monoisotopic (exact) mass is 403 g/mol. The molecule has 0 heterocycles. The molecule has 7 heteroatoms. The van der Waals surface area contributed by atoms with Gasteiger partial charge in [-0.1, -0.05) is 28.1 Å². The van der Waals surface area contributed by atoms with Crippen LogP contribution in [0.2, 0.25) is 0 Å². The van der Waals surface area contributed by atoms with Crippen molar-refractivity contribution in [3.05, 3.63) is 58.1 Å². The average molecular weight is 404 g/mol. The fraction of sp³-hybridized carbons (Fsp3) is 0.167. The molecule has 0 radical (unpaired) electrons. The van der Waals surface area contributed by atoms with Gasteiger partial charge in [0.15, 0.2) is 5.78 Å². The van der Waals surface area contributed by atoms with Crippen molar-refractivity contribution in [1.82, 2.24) is 5.32 Å². The molecular formula is C18H18BrN3O3. The third-order valence-electron chi connectivity index (χ3n) is 3.40. The van der Waals surface area contributed by atoms with E-state index in [9.17, 15) is 14.4 Å². The zero-order valence-electron chi connectivity index (χ0n) is 13.9. The second kappa shape index (κ2) is 8.43. The normalized spacial score (nSPS) is 10.0. The quantitative estimate of drug-likeness (QED) is 0.664. The van der Waals surface area contributed by atoms with Gasteiger partial charge < -0.3 is 16.0 Å². The minimum Gasteiger partial charge on any atom is -0.329 e. The number of ketones is 1. The van der Waals surface area contributed by atoms with Gasteiger partial charge in [-0.2, -0.15) is 0 Å². The van der Waals surface area contributed by atoms with E-state index in [2.05, 4.69) is 31.9 Å². The zero-order valence-corrected chi connectivity index (χ0v) is 15.4. The maximum atomic E-state index is 11.9. The van der Waals surface area contributed by atoms with Gasteiger partial charge in [-0.25, -0.2) is 4.79 Å². The number of urea groups is 1. The van der Waals surface area contributed by atoms with Crippen LogP contribution in [0.4, 0.5) is 16.2 Å². The SMILES string of the molecule is CC(=O)c1cccc(NC(=O)NCC(=O)Nc2ccc(Br)cc2C)c1. The van der Waals surface area contributed by atoms with Gasteiger partial charge >= 0.3 is 6.03 Å². The number of hydrogen-bond acceptors (Lipinski definition) is 3. The number of hydrogen-bond donors (Lipinski definition) is 3. The number of carbonyl (C=O) groups excluding carboxylic acids is 3. The topological polar surface area (TPSA) is 87.3 Å². The predicted molar refractivity (Wildman–Crippen MR) is 101 cm³/mol. The Labute approximate surface area is 154 Å². The summed E-state index contributed by atoms with van der Waals surface area (Å²) >= 11 is 3.36. The Morgan fingerprint density at radius 2 is 1.80 bits per heavy atom. The zero-order chi connectivity index (χ0) is 18.4. The summed E-state index contributed by atoms with van der Waals surface area (Å²) in [5, 5.41) is 7.79. The Kier molecular flexibility index (Phi) is 6.30. The summed E-state index contributed by atoms with van der Waals surface area (Å²) in [5.41, 5.74) is 2.58. The molecule has 0 aliphatic carbocycles. The first-order valence-corrected chi connectivity index (χ1v) is 8.36. The van der Waals surface area contributed by atoms with Crippen molar-refractivity contribution in [1.29, 1.82) is 0 Å². The van der Waals surface area contributed by atoms with Crippen molar-refractivity contribution < 1.29 is 14.4 Å². The van der Waals surface area contributed by atoms with E-state index in [4.69, 9.17) is 0 Å². The fourth-order valence-electron chi connectivity index (χ4n) is 2.11. The molecule has 2 aromatic carbocycles.